The van der Waals surface area contributed by atoms with Gasteiger partial charge < -0.3 is 10.2 Å². The van der Waals surface area contributed by atoms with Gasteiger partial charge >= 0.3 is 5.97 Å². The molecule has 1 aliphatic rings. The van der Waals surface area contributed by atoms with Gasteiger partial charge in [-0.1, -0.05) is 19.1 Å². The van der Waals surface area contributed by atoms with Crippen LogP contribution in [0.5, 0.6) is 0 Å². The van der Waals surface area contributed by atoms with E-state index >= 15 is 0 Å². The zero-order chi connectivity index (χ0) is 15.1. The molecule has 0 aromatic heterocycles. The van der Waals surface area contributed by atoms with Crippen LogP contribution >= 0.6 is 0 Å². The largest absolute Gasteiger partial charge is 0.481 e. The molecule has 1 aliphatic carbocycles. The molecule has 0 aliphatic heterocycles. The third kappa shape index (κ3) is 2.01. The van der Waals surface area contributed by atoms with E-state index in [1.54, 1.807) is 0 Å². The van der Waals surface area contributed by atoms with Gasteiger partial charge in [0.05, 0.1) is 11.9 Å². The summed E-state index contributed by atoms with van der Waals surface area (Å²) >= 11 is 0. The second-order valence-electron chi connectivity index (χ2n) is 4.90. The minimum absolute atomic E-state index is 0.204. The average Bonchev–Trinajstić information content (AvgIpc) is 3.11. The molecule has 0 spiro atoms. The minimum Gasteiger partial charge on any atom is -0.481 e. The van der Waals surface area contributed by atoms with Crippen molar-refractivity contribution in [3.05, 3.63) is 35.6 Å². The van der Waals surface area contributed by atoms with E-state index in [1.807, 2.05) is 0 Å². The van der Waals surface area contributed by atoms with Gasteiger partial charge in [0.2, 0.25) is 0 Å². The van der Waals surface area contributed by atoms with Crippen LogP contribution < -0.4 is 0 Å². The average molecular weight is 302 g/mol. The van der Waals surface area contributed by atoms with Crippen LogP contribution in [-0.2, 0) is 14.6 Å². The first-order valence-corrected chi connectivity index (χ1v) is 7.84. The van der Waals surface area contributed by atoms with Crippen LogP contribution in [0.1, 0.15) is 18.4 Å². The Morgan fingerprint density at radius 1 is 1.35 bits per heavy atom. The lowest BCUT2D eigenvalue weighted by molar-refractivity contribution is -0.145. The van der Waals surface area contributed by atoms with E-state index in [9.17, 15) is 27.8 Å². The summed E-state index contributed by atoms with van der Waals surface area (Å²) in [7, 11) is -3.63. The number of aliphatic carboxylic acids is 1. The van der Waals surface area contributed by atoms with Gasteiger partial charge in [-0.05, 0) is 17.7 Å². The second kappa shape index (κ2) is 4.82. The van der Waals surface area contributed by atoms with Crippen LogP contribution in [0.4, 0.5) is 4.39 Å². The number of carboxylic acid groups (broad SMARTS) is 1. The maximum absolute atomic E-state index is 12.9. The van der Waals surface area contributed by atoms with Crippen molar-refractivity contribution in [2.24, 2.45) is 5.41 Å². The zero-order valence-corrected chi connectivity index (χ0v) is 11.6. The Balaban J connectivity index is 2.50. The Kier molecular flexibility index (Phi) is 3.60. The van der Waals surface area contributed by atoms with Crippen LogP contribution in [0, 0.1) is 11.2 Å². The monoisotopic (exact) mass is 302 g/mol. The summed E-state index contributed by atoms with van der Waals surface area (Å²) in [4.78, 5) is 11.4. The van der Waals surface area contributed by atoms with Crippen molar-refractivity contribution in [1.82, 2.24) is 0 Å². The van der Waals surface area contributed by atoms with E-state index < -0.39 is 44.8 Å². The highest BCUT2D eigenvalue weighted by Gasteiger charge is 2.75. The molecule has 1 aromatic carbocycles. The smallest absolute Gasteiger partial charge is 0.314 e. The highest BCUT2D eigenvalue weighted by Crippen LogP contribution is 2.63. The number of hydrogen-bond donors (Lipinski definition) is 2. The molecule has 0 unspecified atom stereocenters. The number of carboxylic acids is 1. The SMILES string of the molecule is CCS(=O)(=O)[C@@H]1[C@@H](c2ccc(F)cc2)[C@]1(CO)C(=O)O. The summed E-state index contributed by atoms with van der Waals surface area (Å²) in [6.45, 7) is 0.660. The summed E-state index contributed by atoms with van der Waals surface area (Å²) in [5.41, 5.74) is -1.32. The fourth-order valence-corrected chi connectivity index (χ4v) is 4.82. The summed E-state index contributed by atoms with van der Waals surface area (Å²) < 4.78 is 37.0. The van der Waals surface area contributed by atoms with Gasteiger partial charge in [-0.3, -0.25) is 4.79 Å². The molecule has 3 atom stereocenters. The number of benzene rings is 1. The van der Waals surface area contributed by atoms with Gasteiger partial charge in [0.25, 0.3) is 0 Å². The highest BCUT2D eigenvalue weighted by molar-refractivity contribution is 7.92. The number of halogens is 1. The van der Waals surface area contributed by atoms with Crippen LogP contribution in [-0.4, -0.2) is 42.2 Å². The fraction of sp³-hybridized carbons (Fsp3) is 0.462. The van der Waals surface area contributed by atoms with Crippen LogP contribution in [0.3, 0.4) is 0 Å². The Morgan fingerprint density at radius 3 is 2.30 bits per heavy atom. The number of aliphatic hydroxyl groups excluding tert-OH is 1. The molecule has 0 radical (unpaired) electrons. The molecule has 0 heterocycles. The van der Waals surface area contributed by atoms with E-state index in [4.69, 9.17) is 0 Å². The van der Waals surface area contributed by atoms with Crippen molar-refractivity contribution in [2.45, 2.75) is 18.1 Å². The van der Waals surface area contributed by atoms with Crippen molar-refractivity contribution < 1.29 is 27.8 Å². The van der Waals surface area contributed by atoms with Crippen molar-refractivity contribution in [2.75, 3.05) is 12.4 Å². The molecule has 2 rings (SSSR count). The van der Waals surface area contributed by atoms with E-state index in [0.29, 0.717) is 5.56 Å². The molecule has 5 nitrogen and oxygen atoms in total. The van der Waals surface area contributed by atoms with Gasteiger partial charge in [0, 0.05) is 11.7 Å². The molecule has 0 bridgehead atoms. The quantitative estimate of drug-likeness (QED) is 0.839. The van der Waals surface area contributed by atoms with Crippen LogP contribution in [0.25, 0.3) is 0 Å². The van der Waals surface area contributed by atoms with Gasteiger partial charge in [-0.25, -0.2) is 12.8 Å². The normalized spacial score (nSPS) is 29.1. The molecule has 7 heteroatoms. The number of aliphatic hydroxyl groups is 1. The van der Waals surface area contributed by atoms with Gasteiger partial charge in [0.15, 0.2) is 9.84 Å². The summed E-state index contributed by atoms with van der Waals surface area (Å²) in [5.74, 6) is -2.90. The van der Waals surface area contributed by atoms with Gasteiger partial charge in [-0.15, -0.1) is 0 Å². The fourth-order valence-electron chi connectivity index (χ4n) is 2.77. The highest BCUT2D eigenvalue weighted by atomic mass is 32.2. The van der Waals surface area contributed by atoms with Crippen LogP contribution in [0.2, 0.25) is 0 Å². The predicted molar refractivity (Wildman–Crippen MR) is 69.5 cm³/mol. The Bertz CT molecular complexity index is 625. The maximum Gasteiger partial charge on any atom is 0.314 e. The standard InChI is InChI=1S/C13H15FO5S/c1-2-20(18,19)11-10(13(11,7-15)12(16)17)8-3-5-9(14)6-4-8/h3-6,10-11,15H,2,7H2,1H3,(H,16,17)/t10-,11-,13+/m1/s1. The molecule has 0 amide bonds. The third-order valence-corrected chi connectivity index (χ3v) is 6.21. The maximum atomic E-state index is 12.9. The van der Waals surface area contributed by atoms with E-state index in [-0.39, 0.29) is 5.75 Å². The Labute approximate surface area is 116 Å². The van der Waals surface area contributed by atoms with Gasteiger partial charge in [0.1, 0.15) is 11.2 Å². The molecular formula is C13H15FO5S. The zero-order valence-electron chi connectivity index (χ0n) is 10.8. The third-order valence-electron chi connectivity index (χ3n) is 3.93. The first kappa shape index (κ1) is 14.9. The number of hydrogen-bond acceptors (Lipinski definition) is 4. The number of rotatable bonds is 5. The summed E-state index contributed by atoms with van der Waals surface area (Å²) in [5, 5.41) is 17.6. The molecule has 2 N–H and O–H groups in total. The van der Waals surface area contributed by atoms with E-state index in [1.165, 1.54) is 19.1 Å². The Hall–Kier alpha value is -1.47. The predicted octanol–water partition coefficient (Wildman–Crippen LogP) is 0.790. The van der Waals surface area contributed by atoms with Gasteiger partial charge in [-0.2, -0.15) is 0 Å². The second-order valence-corrected chi connectivity index (χ2v) is 7.32. The lowest BCUT2D eigenvalue weighted by Gasteiger charge is -2.08. The number of sulfone groups is 1. The lowest BCUT2D eigenvalue weighted by atomic mass is 10.0. The van der Waals surface area contributed by atoms with Crippen molar-refractivity contribution in [1.29, 1.82) is 0 Å². The molecule has 1 aromatic rings. The first-order chi connectivity index (χ1) is 9.31. The molecule has 0 saturated heterocycles. The topological polar surface area (TPSA) is 91.7 Å². The molecule has 1 saturated carbocycles. The van der Waals surface area contributed by atoms with Crippen molar-refractivity contribution >= 4 is 15.8 Å². The molecule has 20 heavy (non-hydrogen) atoms. The molecular weight excluding hydrogens is 287 g/mol. The minimum atomic E-state index is -3.63. The van der Waals surface area contributed by atoms with Crippen molar-refractivity contribution in [3.8, 4) is 0 Å². The Morgan fingerprint density at radius 2 is 1.90 bits per heavy atom. The first-order valence-electron chi connectivity index (χ1n) is 6.12. The van der Waals surface area contributed by atoms with Crippen LogP contribution in [0.15, 0.2) is 24.3 Å². The lowest BCUT2D eigenvalue weighted by Crippen LogP contribution is -2.28. The molecule has 1 fully saturated rings. The molecule has 110 valence electrons. The number of carbonyl (C=O) groups is 1. The summed E-state index contributed by atoms with van der Waals surface area (Å²) in [6.07, 6.45) is 0. The van der Waals surface area contributed by atoms with E-state index in [0.717, 1.165) is 12.1 Å². The van der Waals surface area contributed by atoms with Crippen molar-refractivity contribution in [3.63, 3.8) is 0 Å². The summed E-state index contributed by atoms with van der Waals surface area (Å²) in [6, 6.07) is 5.01. The van der Waals surface area contributed by atoms with E-state index in [2.05, 4.69) is 0 Å².